The zero-order valence-corrected chi connectivity index (χ0v) is 10.1. The fourth-order valence-electron chi connectivity index (χ4n) is 1.17. The SMILES string of the molecule is C=C(C)C(=O)CCC(O)CCC(=O)C(=C)C. The molecule has 0 saturated carbocycles. The van der Waals surface area contributed by atoms with Crippen LogP contribution in [0.25, 0.3) is 0 Å². The predicted molar refractivity (Wildman–Crippen MR) is 64.1 cm³/mol. The highest BCUT2D eigenvalue weighted by molar-refractivity contribution is 5.94. The molecule has 0 saturated heterocycles. The molecular weight excluding hydrogens is 204 g/mol. The number of aliphatic hydroxyl groups is 1. The van der Waals surface area contributed by atoms with Gasteiger partial charge in [0.05, 0.1) is 6.10 Å². The van der Waals surface area contributed by atoms with Crippen LogP contribution in [0.4, 0.5) is 0 Å². The van der Waals surface area contributed by atoms with Crippen molar-refractivity contribution in [3.05, 3.63) is 24.3 Å². The van der Waals surface area contributed by atoms with Crippen LogP contribution in [-0.2, 0) is 9.59 Å². The third-order valence-electron chi connectivity index (χ3n) is 2.36. The average molecular weight is 224 g/mol. The molecule has 0 aromatic heterocycles. The molecule has 0 amide bonds. The minimum absolute atomic E-state index is 0.0368. The van der Waals surface area contributed by atoms with Crippen LogP contribution in [0.5, 0.6) is 0 Å². The first-order valence-electron chi connectivity index (χ1n) is 5.40. The number of hydrogen-bond acceptors (Lipinski definition) is 3. The van der Waals surface area contributed by atoms with E-state index in [9.17, 15) is 14.7 Å². The summed E-state index contributed by atoms with van der Waals surface area (Å²) in [6.07, 6.45) is 0.742. The van der Waals surface area contributed by atoms with Crippen LogP contribution in [-0.4, -0.2) is 22.8 Å². The van der Waals surface area contributed by atoms with Gasteiger partial charge in [-0.15, -0.1) is 0 Å². The molecule has 0 bridgehead atoms. The molecule has 0 fully saturated rings. The first-order valence-corrected chi connectivity index (χ1v) is 5.40. The Morgan fingerprint density at radius 3 is 1.56 bits per heavy atom. The maximum atomic E-state index is 11.2. The molecule has 0 aliphatic rings. The molecule has 0 aliphatic heterocycles. The highest BCUT2D eigenvalue weighted by atomic mass is 16.3. The van der Waals surface area contributed by atoms with Crippen LogP contribution in [0.3, 0.4) is 0 Å². The van der Waals surface area contributed by atoms with Crippen LogP contribution < -0.4 is 0 Å². The van der Waals surface area contributed by atoms with E-state index in [4.69, 9.17) is 0 Å². The Morgan fingerprint density at radius 1 is 1.00 bits per heavy atom. The zero-order valence-electron chi connectivity index (χ0n) is 10.1. The average Bonchev–Trinajstić information content (AvgIpc) is 2.21. The molecule has 0 atom stereocenters. The molecule has 0 radical (unpaired) electrons. The molecule has 0 spiro atoms. The first kappa shape index (κ1) is 14.8. The van der Waals surface area contributed by atoms with E-state index < -0.39 is 6.10 Å². The lowest BCUT2D eigenvalue weighted by molar-refractivity contribution is -0.116. The van der Waals surface area contributed by atoms with Crippen molar-refractivity contribution in [3.8, 4) is 0 Å². The van der Waals surface area contributed by atoms with Crippen molar-refractivity contribution in [1.29, 1.82) is 0 Å². The fraction of sp³-hybridized carbons (Fsp3) is 0.538. The van der Waals surface area contributed by atoms with Gasteiger partial charge in [0.25, 0.3) is 0 Å². The van der Waals surface area contributed by atoms with Gasteiger partial charge in [0.1, 0.15) is 0 Å². The molecule has 0 aliphatic carbocycles. The summed E-state index contributed by atoms with van der Waals surface area (Å²) in [4.78, 5) is 22.4. The smallest absolute Gasteiger partial charge is 0.158 e. The molecule has 3 nitrogen and oxygen atoms in total. The summed E-state index contributed by atoms with van der Waals surface area (Å²) in [5, 5.41) is 9.55. The van der Waals surface area contributed by atoms with E-state index in [1.807, 2.05) is 0 Å². The number of hydrogen-bond donors (Lipinski definition) is 1. The standard InChI is InChI=1S/C13H20O3/c1-9(2)12(15)7-5-11(14)6-8-13(16)10(3)4/h11,14H,1,3,5-8H2,2,4H3. The number of aliphatic hydroxyl groups excluding tert-OH is 1. The monoisotopic (exact) mass is 224 g/mol. The molecular formula is C13H20O3. The summed E-state index contributed by atoms with van der Waals surface area (Å²) in [6, 6.07) is 0. The Balaban J connectivity index is 3.79. The van der Waals surface area contributed by atoms with Crippen molar-refractivity contribution >= 4 is 11.6 Å². The van der Waals surface area contributed by atoms with Crippen molar-refractivity contribution in [1.82, 2.24) is 0 Å². The van der Waals surface area contributed by atoms with Gasteiger partial charge in [-0.1, -0.05) is 13.2 Å². The van der Waals surface area contributed by atoms with E-state index >= 15 is 0 Å². The summed E-state index contributed by atoms with van der Waals surface area (Å²) >= 11 is 0. The molecule has 90 valence electrons. The maximum Gasteiger partial charge on any atom is 0.158 e. The second-order valence-electron chi connectivity index (χ2n) is 4.14. The van der Waals surface area contributed by atoms with Gasteiger partial charge in [-0.2, -0.15) is 0 Å². The minimum Gasteiger partial charge on any atom is -0.393 e. The summed E-state index contributed by atoms with van der Waals surface area (Å²) < 4.78 is 0. The third kappa shape index (κ3) is 6.30. The summed E-state index contributed by atoms with van der Waals surface area (Å²) in [7, 11) is 0. The van der Waals surface area contributed by atoms with E-state index in [-0.39, 0.29) is 24.4 Å². The number of ketones is 2. The van der Waals surface area contributed by atoms with Crippen molar-refractivity contribution in [2.24, 2.45) is 0 Å². The highest BCUT2D eigenvalue weighted by Crippen LogP contribution is 2.09. The van der Waals surface area contributed by atoms with E-state index in [0.717, 1.165) is 0 Å². The quantitative estimate of drug-likeness (QED) is 0.643. The summed E-state index contributed by atoms with van der Waals surface area (Å²) in [6.45, 7) is 10.4. The Labute approximate surface area is 96.9 Å². The van der Waals surface area contributed by atoms with E-state index in [1.54, 1.807) is 13.8 Å². The number of allylic oxidation sites excluding steroid dienone is 2. The molecule has 0 heterocycles. The Hall–Kier alpha value is -1.22. The number of carbonyl (C=O) groups excluding carboxylic acids is 2. The first-order chi connectivity index (χ1) is 7.34. The van der Waals surface area contributed by atoms with Crippen LogP contribution in [0.2, 0.25) is 0 Å². The van der Waals surface area contributed by atoms with Gasteiger partial charge in [-0.25, -0.2) is 0 Å². The molecule has 0 aromatic carbocycles. The normalized spacial score (nSPS) is 10.2. The minimum atomic E-state index is -0.605. The van der Waals surface area contributed by atoms with Gasteiger partial charge in [0.15, 0.2) is 11.6 Å². The van der Waals surface area contributed by atoms with E-state index in [2.05, 4.69) is 13.2 Å². The number of carbonyl (C=O) groups is 2. The van der Waals surface area contributed by atoms with E-state index in [0.29, 0.717) is 24.0 Å². The van der Waals surface area contributed by atoms with Gasteiger partial charge in [-0.05, 0) is 37.8 Å². The van der Waals surface area contributed by atoms with Crippen molar-refractivity contribution in [3.63, 3.8) is 0 Å². The molecule has 0 unspecified atom stereocenters. The lowest BCUT2D eigenvalue weighted by Gasteiger charge is -2.09. The zero-order chi connectivity index (χ0) is 12.7. The lowest BCUT2D eigenvalue weighted by Crippen LogP contribution is -2.12. The second-order valence-corrected chi connectivity index (χ2v) is 4.14. The Kier molecular flexibility index (Phi) is 6.58. The van der Waals surface area contributed by atoms with E-state index in [1.165, 1.54) is 0 Å². The molecule has 1 N–H and O–H groups in total. The Bertz CT molecular complexity index is 272. The van der Waals surface area contributed by atoms with Crippen molar-refractivity contribution < 1.29 is 14.7 Å². The van der Waals surface area contributed by atoms with Gasteiger partial charge in [0, 0.05) is 12.8 Å². The van der Waals surface area contributed by atoms with Crippen LogP contribution >= 0.6 is 0 Å². The van der Waals surface area contributed by atoms with Crippen LogP contribution in [0, 0.1) is 0 Å². The highest BCUT2D eigenvalue weighted by Gasteiger charge is 2.11. The Morgan fingerprint density at radius 2 is 1.31 bits per heavy atom. The maximum absolute atomic E-state index is 11.2. The topological polar surface area (TPSA) is 54.4 Å². The van der Waals surface area contributed by atoms with Gasteiger partial charge >= 0.3 is 0 Å². The van der Waals surface area contributed by atoms with Gasteiger partial charge in [0.2, 0.25) is 0 Å². The second kappa shape index (κ2) is 7.12. The molecule has 0 aromatic rings. The van der Waals surface area contributed by atoms with Crippen LogP contribution in [0.1, 0.15) is 39.5 Å². The molecule has 3 heteroatoms. The van der Waals surface area contributed by atoms with Crippen molar-refractivity contribution in [2.45, 2.75) is 45.6 Å². The number of Topliss-reactive ketones (excluding diaryl/α,β-unsaturated/α-hetero) is 2. The predicted octanol–water partition coefficient (Wildman–Crippen LogP) is 2.20. The van der Waals surface area contributed by atoms with Gasteiger partial charge in [-0.3, -0.25) is 9.59 Å². The fourth-order valence-corrected chi connectivity index (χ4v) is 1.17. The third-order valence-corrected chi connectivity index (χ3v) is 2.36. The molecule has 0 rings (SSSR count). The van der Waals surface area contributed by atoms with Crippen molar-refractivity contribution in [2.75, 3.05) is 0 Å². The summed E-state index contributed by atoms with van der Waals surface area (Å²) in [5.74, 6) is -0.0736. The lowest BCUT2D eigenvalue weighted by atomic mass is 10.0. The van der Waals surface area contributed by atoms with Crippen LogP contribution in [0.15, 0.2) is 24.3 Å². The molecule has 16 heavy (non-hydrogen) atoms. The summed E-state index contributed by atoms with van der Waals surface area (Å²) in [5.41, 5.74) is 1.01. The number of rotatable bonds is 8. The largest absolute Gasteiger partial charge is 0.393 e. The van der Waals surface area contributed by atoms with Gasteiger partial charge < -0.3 is 5.11 Å².